The molecule has 1 aromatic heterocycles. The van der Waals surface area contributed by atoms with E-state index in [1.165, 1.54) is 21.0 Å². The SMILES string of the molecule is CCNC(=NCc1ccc(CN2CCC(O)CC2)cc1)NCCc1ncc(CC)s1. The Morgan fingerprint density at radius 1 is 1.17 bits per heavy atom. The van der Waals surface area contributed by atoms with Gasteiger partial charge in [0.25, 0.3) is 0 Å². The van der Waals surface area contributed by atoms with Crippen LogP contribution in [0.25, 0.3) is 0 Å². The molecule has 0 bridgehead atoms. The van der Waals surface area contributed by atoms with E-state index in [-0.39, 0.29) is 6.10 Å². The minimum absolute atomic E-state index is 0.114. The van der Waals surface area contributed by atoms with Gasteiger partial charge in [-0.2, -0.15) is 0 Å². The van der Waals surface area contributed by atoms with Crippen molar-refractivity contribution in [1.29, 1.82) is 0 Å². The molecule has 0 amide bonds. The number of aliphatic hydroxyl groups excluding tert-OH is 1. The van der Waals surface area contributed by atoms with Gasteiger partial charge < -0.3 is 15.7 Å². The summed E-state index contributed by atoms with van der Waals surface area (Å²) in [5, 5.41) is 17.6. The van der Waals surface area contributed by atoms with E-state index in [4.69, 9.17) is 4.99 Å². The van der Waals surface area contributed by atoms with E-state index in [0.29, 0.717) is 6.54 Å². The van der Waals surface area contributed by atoms with Crippen LogP contribution in [0.1, 0.15) is 47.7 Å². The Morgan fingerprint density at radius 2 is 1.90 bits per heavy atom. The number of aromatic nitrogens is 1. The summed E-state index contributed by atoms with van der Waals surface area (Å²) in [6, 6.07) is 8.74. The predicted octanol–water partition coefficient (Wildman–Crippen LogP) is 2.96. The van der Waals surface area contributed by atoms with Gasteiger partial charge in [0.2, 0.25) is 0 Å². The van der Waals surface area contributed by atoms with Gasteiger partial charge >= 0.3 is 0 Å². The summed E-state index contributed by atoms with van der Waals surface area (Å²) in [5.41, 5.74) is 2.52. The molecule has 1 aliphatic heterocycles. The quantitative estimate of drug-likeness (QED) is 0.422. The van der Waals surface area contributed by atoms with Crippen LogP contribution < -0.4 is 10.6 Å². The van der Waals surface area contributed by atoms with Gasteiger partial charge in [0.05, 0.1) is 17.7 Å². The molecule has 0 aliphatic carbocycles. The van der Waals surface area contributed by atoms with Crippen molar-refractivity contribution in [3.63, 3.8) is 0 Å². The Kier molecular flexibility index (Phi) is 9.11. The molecule has 0 unspecified atom stereocenters. The highest BCUT2D eigenvalue weighted by Gasteiger charge is 2.16. The molecule has 1 fully saturated rings. The van der Waals surface area contributed by atoms with Crippen LogP contribution in [-0.4, -0.2) is 53.2 Å². The number of aliphatic imine (C=N–C) groups is 1. The van der Waals surface area contributed by atoms with Crippen LogP contribution in [0.15, 0.2) is 35.5 Å². The molecule has 164 valence electrons. The van der Waals surface area contributed by atoms with Crippen molar-refractivity contribution < 1.29 is 5.11 Å². The van der Waals surface area contributed by atoms with Crippen LogP contribution in [0.2, 0.25) is 0 Å². The Bertz CT molecular complexity index is 781. The Hall–Kier alpha value is -1.96. The van der Waals surface area contributed by atoms with Crippen LogP contribution in [0, 0.1) is 0 Å². The third-order valence-corrected chi connectivity index (χ3v) is 6.53. The fourth-order valence-electron chi connectivity index (χ4n) is 3.51. The Balaban J connectivity index is 1.46. The van der Waals surface area contributed by atoms with Crippen LogP contribution in [0.4, 0.5) is 0 Å². The summed E-state index contributed by atoms with van der Waals surface area (Å²) in [4.78, 5) is 13.0. The number of hydrogen-bond acceptors (Lipinski definition) is 5. The van der Waals surface area contributed by atoms with Crippen molar-refractivity contribution in [2.24, 2.45) is 4.99 Å². The zero-order valence-electron chi connectivity index (χ0n) is 18.2. The summed E-state index contributed by atoms with van der Waals surface area (Å²) in [6.45, 7) is 9.48. The fraction of sp³-hybridized carbons (Fsp3) is 0.565. The molecule has 0 atom stereocenters. The number of aliphatic hydroxyl groups is 1. The molecule has 1 saturated heterocycles. The normalized spacial score (nSPS) is 16.0. The van der Waals surface area contributed by atoms with E-state index in [0.717, 1.165) is 64.4 Å². The fourth-order valence-corrected chi connectivity index (χ4v) is 4.37. The maximum Gasteiger partial charge on any atom is 0.191 e. The van der Waals surface area contributed by atoms with Gasteiger partial charge in [0, 0.05) is 50.2 Å². The second-order valence-electron chi connectivity index (χ2n) is 7.77. The van der Waals surface area contributed by atoms with Gasteiger partial charge in [-0.05, 0) is 37.3 Å². The monoisotopic (exact) mass is 429 g/mol. The number of nitrogens with zero attached hydrogens (tertiary/aromatic N) is 3. The Labute approximate surface area is 184 Å². The molecular formula is C23H35N5OS. The lowest BCUT2D eigenvalue weighted by Gasteiger charge is -2.29. The van der Waals surface area contributed by atoms with Gasteiger partial charge in [-0.15, -0.1) is 11.3 Å². The first kappa shape index (κ1) is 22.7. The number of hydrogen-bond donors (Lipinski definition) is 3. The number of rotatable bonds is 9. The van der Waals surface area contributed by atoms with E-state index >= 15 is 0 Å². The van der Waals surface area contributed by atoms with Crippen LogP contribution in [0.3, 0.4) is 0 Å². The summed E-state index contributed by atoms with van der Waals surface area (Å²) in [5.74, 6) is 0.848. The van der Waals surface area contributed by atoms with Crippen molar-refractivity contribution in [3.8, 4) is 0 Å². The second kappa shape index (κ2) is 12.0. The van der Waals surface area contributed by atoms with Crippen LogP contribution >= 0.6 is 11.3 Å². The summed E-state index contributed by atoms with van der Waals surface area (Å²) < 4.78 is 0. The van der Waals surface area contributed by atoms with E-state index < -0.39 is 0 Å². The molecule has 3 N–H and O–H groups in total. The first-order valence-electron chi connectivity index (χ1n) is 11.1. The summed E-state index contributed by atoms with van der Waals surface area (Å²) >= 11 is 1.79. The second-order valence-corrected chi connectivity index (χ2v) is 8.97. The number of guanidine groups is 1. The number of aryl methyl sites for hydroxylation is 1. The molecule has 2 heterocycles. The zero-order chi connectivity index (χ0) is 21.2. The van der Waals surface area contributed by atoms with Crippen molar-refractivity contribution in [2.45, 2.75) is 58.7 Å². The molecule has 0 saturated carbocycles. The van der Waals surface area contributed by atoms with Crippen molar-refractivity contribution in [1.82, 2.24) is 20.5 Å². The van der Waals surface area contributed by atoms with Gasteiger partial charge in [0.1, 0.15) is 0 Å². The lowest BCUT2D eigenvalue weighted by atomic mass is 10.1. The smallest absolute Gasteiger partial charge is 0.191 e. The first-order valence-corrected chi connectivity index (χ1v) is 11.9. The molecule has 3 rings (SSSR count). The standard InChI is InChI=1S/C23H35N5OS/c1-3-21-16-26-22(30-21)9-12-25-23(24-4-2)27-15-18-5-7-19(8-6-18)17-28-13-10-20(29)11-14-28/h5-8,16,20,29H,3-4,9-15,17H2,1-2H3,(H2,24,25,27). The van der Waals surface area contributed by atoms with Crippen LogP contribution in [-0.2, 0) is 25.9 Å². The average molecular weight is 430 g/mol. The highest BCUT2D eigenvalue weighted by Crippen LogP contribution is 2.15. The Morgan fingerprint density at radius 3 is 2.57 bits per heavy atom. The molecule has 0 spiro atoms. The number of benzene rings is 1. The maximum atomic E-state index is 9.64. The molecular weight excluding hydrogens is 394 g/mol. The van der Waals surface area contributed by atoms with E-state index in [2.05, 4.69) is 58.6 Å². The minimum Gasteiger partial charge on any atom is -0.393 e. The predicted molar refractivity (Wildman–Crippen MR) is 125 cm³/mol. The largest absolute Gasteiger partial charge is 0.393 e. The van der Waals surface area contributed by atoms with Crippen molar-refractivity contribution in [3.05, 3.63) is 51.5 Å². The highest BCUT2D eigenvalue weighted by molar-refractivity contribution is 7.11. The third-order valence-electron chi connectivity index (χ3n) is 5.33. The topological polar surface area (TPSA) is 72.8 Å². The van der Waals surface area contributed by atoms with Crippen molar-refractivity contribution in [2.75, 3.05) is 26.2 Å². The van der Waals surface area contributed by atoms with E-state index in [9.17, 15) is 5.11 Å². The number of piperidine rings is 1. The van der Waals surface area contributed by atoms with Crippen molar-refractivity contribution >= 4 is 17.3 Å². The molecule has 1 aliphatic rings. The third kappa shape index (κ3) is 7.38. The maximum absolute atomic E-state index is 9.64. The summed E-state index contributed by atoms with van der Waals surface area (Å²) in [7, 11) is 0. The van der Waals surface area contributed by atoms with E-state index in [1.807, 2.05) is 6.20 Å². The van der Waals surface area contributed by atoms with E-state index in [1.54, 1.807) is 11.3 Å². The molecule has 1 aromatic carbocycles. The van der Waals surface area contributed by atoms with Gasteiger partial charge in [-0.1, -0.05) is 31.2 Å². The average Bonchev–Trinajstić information content (AvgIpc) is 3.23. The molecule has 30 heavy (non-hydrogen) atoms. The molecule has 6 nitrogen and oxygen atoms in total. The lowest BCUT2D eigenvalue weighted by Crippen LogP contribution is -2.38. The number of likely N-dealkylation sites (tertiary alicyclic amines) is 1. The number of nitrogens with one attached hydrogen (secondary N) is 2. The molecule has 0 radical (unpaired) electrons. The van der Waals surface area contributed by atoms with Crippen LogP contribution in [0.5, 0.6) is 0 Å². The number of thiazole rings is 1. The highest BCUT2D eigenvalue weighted by atomic mass is 32.1. The van der Waals surface area contributed by atoms with Gasteiger partial charge in [-0.25, -0.2) is 9.98 Å². The van der Waals surface area contributed by atoms with Gasteiger partial charge in [0.15, 0.2) is 5.96 Å². The zero-order valence-corrected chi connectivity index (χ0v) is 19.0. The molecule has 2 aromatic rings. The minimum atomic E-state index is -0.114. The molecule has 7 heteroatoms. The van der Waals surface area contributed by atoms with Gasteiger partial charge in [-0.3, -0.25) is 4.90 Å². The lowest BCUT2D eigenvalue weighted by molar-refractivity contribution is 0.0792. The first-order chi connectivity index (χ1) is 14.7. The summed E-state index contributed by atoms with van der Waals surface area (Å²) in [6.07, 6.45) is 5.60.